The lowest BCUT2D eigenvalue weighted by molar-refractivity contribution is -0.117. The summed E-state index contributed by atoms with van der Waals surface area (Å²) in [5.74, 6) is -0.103. The Hall–Kier alpha value is -2.36. The van der Waals surface area contributed by atoms with Crippen LogP contribution in [0.5, 0.6) is 0 Å². The third kappa shape index (κ3) is 3.60. The smallest absolute Gasteiger partial charge is 0.244 e. The normalized spacial score (nSPS) is 12.6. The first-order valence-corrected chi connectivity index (χ1v) is 7.02. The summed E-state index contributed by atoms with van der Waals surface area (Å²) in [6.07, 6.45) is 3.39. The molecule has 0 fully saturated rings. The van der Waals surface area contributed by atoms with Crippen molar-refractivity contribution in [3.05, 3.63) is 58.9 Å². The van der Waals surface area contributed by atoms with E-state index in [2.05, 4.69) is 10.4 Å². The molecule has 0 aliphatic heterocycles. The van der Waals surface area contributed by atoms with Crippen molar-refractivity contribution in [2.75, 3.05) is 0 Å². The summed E-state index contributed by atoms with van der Waals surface area (Å²) in [7, 11) is 1.90. The molecule has 0 spiro atoms. The molecule has 0 radical (unpaired) electrons. The maximum atomic E-state index is 12.0. The Morgan fingerprint density at radius 2 is 1.95 bits per heavy atom. The summed E-state index contributed by atoms with van der Waals surface area (Å²) in [4.78, 5) is 12.0. The molecule has 1 atom stereocenters. The Balaban J connectivity index is 2.03. The number of hydrogen-bond acceptors (Lipinski definition) is 2. The molecule has 2 rings (SSSR count). The lowest BCUT2D eigenvalue weighted by Crippen LogP contribution is -2.24. The minimum Gasteiger partial charge on any atom is -0.346 e. The Labute approximate surface area is 125 Å². The van der Waals surface area contributed by atoms with Gasteiger partial charge < -0.3 is 5.32 Å². The van der Waals surface area contributed by atoms with Gasteiger partial charge in [-0.3, -0.25) is 9.48 Å². The number of aromatic nitrogens is 2. The molecule has 0 saturated heterocycles. The fourth-order valence-corrected chi connectivity index (χ4v) is 2.28. The highest BCUT2D eigenvalue weighted by Gasteiger charge is 2.09. The van der Waals surface area contributed by atoms with Gasteiger partial charge in [-0.1, -0.05) is 30.3 Å². The van der Waals surface area contributed by atoms with Crippen LogP contribution in [-0.4, -0.2) is 15.7 Å². The van der Waals surface area contributed by atoms with Gasteiger partial charge in [0.05, 0.1) is 11.7 Å². The molecule has 0 aliphatic rings. The second-order valence-electron chi connectivity index (χ2n) is 5.18. The van der Waals surface area contributed by atoms with Gasteiger partial charge in [0.25, 0.3) is 0 Å². The van der Waals surface area contributed by atoms with Crippen LogP contribution >= 0.6 is 0 Å². The zero-order valence-electron chi connectivity index (χ0n) is 12.9. The van der Waals surface area contributed by atoms with E-state index >= 15 is 0 Å². The van der Waals surface area contributed by atoms with Crippen LogP contribution in [0, 0.1) is 13.8 Å². The predicted molar refractivity (Wildman–Crippen MR) is 84.7 cm³/mol. The zero-order chi connectivity index (χ0) is 15.4. The fraction of sp³-hybridized carbons (Fsp3) is 0.294. The van der Waals surface area contributed by atoms with E-state index in [-0.39, 0.29) is 11.9 Å². The summed E-state index contributed by atoms with van der Waals surface area (Å²) in [5, 5.41) is 7.29. The SMILES string of the molecule is Cc1nn(C)c(C)c1/C=C/C(=O)NC(C)c1ccccc1. The predicted octanol–water partition coefficient (Wildman–Crippen LogP) is 2.93. The van der Waals surface area contributed by atoms with Gasteiger partial charge in [-0.15, -0.1) is 0 Å². The molecule has 1 N–H and O–H groups in total. The number of rotatable bonds is 4. The van der Waals surface area contributed by atoms with Crippen molar-refractivity contribution in [2.45, 2.75) is 26.8 Å². The number of nitrogens with one attached hydrogen (secondary N) is 1. The minimum absolute atomic E-state index is 0.0144. The van der Waals surface area contributed by atoms with E-state index in [4.69, 9.17) is 0 Å². The van der Waals surface area contributed by atoms with Gasteiger partial charge in [0.1, 0.15) is 0 Å². The van der Waals surface area contributed by atoms with Crippen molar-refractivity contribution in [3.63, 3.8) is 0 Å². The molecule has 0 bridgehead atoms. The number of carbonyl (C=O) groups excluding carboxylic acids is 1. The molecule has 4 heteroatoms. The average molecular weight is 283 g/mol. The largest absolute Gasteiger partial charge is 0.346 e. The van der Waals surface area contributed by atoms with E-state index in [0.717, 1.165) is 22.5 Å². The molecule has 1 unspecified atom stereocenters. The van der Waals surface area contributed by atoms with E-state index < -0.39 is 0 Å². The quantitative estimate of drug-likeness (QED) is 0.877. The van der Waals surface area contributed by atoms with Crippen LogP contribution in [0.1, 0.15) is 35.5 Å². The minimum atomic E-state index is -0.103. The average Bonchev–Trinajstić information content (AvgIpc) is 2.71. The number of carbonyl (C=O) groups is 1. The van der Waals surface area contributed by atoms with Crippen molar-refractivity contribution in [3.8, 4) is 0 Å². The number of benzene rings is 1. The van der Waals surface area contributed by atoms with Gasteiger partial charge >= 0.3 is 0 Å². The summed E-state index contributed by atoms with van der Waals surface area (Å²) < 4.78 is 1.82. The van der Waals surface area contributed by atoms with Crippen LogP contribution in [0.4, 0.5) is 0 Å². The Bertz CT molecular complexity index is 656. The maximum absolute atomic E-state index is 12.0. The van der Waals surface area contributed by atoms with Gasteiger partial charge in [0.15, 0.2) is 0 Å². The molecule has 1 aromatic carbocycles. The third-order valence-electron chi connectivity index (χ3n) is 3.62. The van der Waals surface area contributed by atoms with E-state index in [0.29, 0.717) is 0 Å². The van der Waals surface area contributed by atoms with E-state index in [1.165, 1.54) is 0 Å². The highest BCUT2D eigenvalue weighted by atomic mass is 16.1. The first-order valence-electron chi connectivity index (χ1n) is 7.02. The Morgan fingerprint density at radius 1 is 1.29 bits per heavy atom. The summed E-state index contributed by atoms with van der Waals surface area (Å²) in [5.41, 5.74) is 4.07. The first-order chi connectivity index (χ1) is 9.99. The maximum Gasteiger partial charge on any atom is 0.244 e. The molecular weight excluding hydrogens is 262 g/mol. The molecule has 0 aliphatic carbocycles. The molecule has 4 nitrogen and oxygen atoms in total. The monoisotopic (exact) mass is 283 g/mol. The summed E-state index contributed by atoms with van der Waals surface area (Å²) in [6, 6.07) is 9.89. The standard InChI is InChI=1S/C17H21N3O/c1-12(15-8-6-5-7-9-15)18-17(21)11-10-16-13(2)19-20(4)14(16)3/h5-12H,1-4H3,(H,18,21)/b11-10+. The van der Waals surface area contributed by atoms with Crippen molar-refractivity contribution in [2.24, 2.45) is 7.05 Å². The highest BCUT2D eigenvalue weighted by molar-refractivity contribution is 5.92. The summed E-state index contributed by atoms with van der Waals surface area (Å²) >= 11 is 0. The van der Waals surface area contributed by atoms with Gasteiger partial charge in [0.2, 0.25) is 5.91 Å². The number of hydrogen-bond donors (Lipinski definition) is 1. The molecule has 1 heterocycles. The number of nitrogens with zero attached hydrogens (tertiary/aromatic N) is 2. The van der Waals surface area contributed by atoms with Gasteiger partial charge in [0, 0.05) is 24.4 Å². The lowest BCUT2D eigenvalue weighted by Gasteiger charge is -2.12. The number of aryl methyl sites for hydroxylation is 2. The topological polar surface area (TPSA) is 46.9 Å². The third-order valence-corrected chi connectivity index (χ3v) is 3.62. The summed E-state index contributed by atoms with van der Waals surface area (Å²) in [6.45, 7) is 5.91. The van der Waals surface area contributed by atoms with Crippen molar-refractivity contribution < 1.29 is 4.79 Å². The molecule has 110 valence electrons. The molecular formula is C17H21N3O. The van der Waals surface area contributed by atoms with Crippen LogP contribution in [0.2, 0.25) is 0 Å². The molecule has 1 amide bonds. The van der Waals surface area contributed by atoms with E-state index in [1.54, 1.807) is 6.08 Å². The first kappa shape index (κ1) is 15.0. The molecule has 21 heavy (non-hydrogen) atoms. The van der Waals surface area contributed by atoms with Crippen LogP contribution in [-0.2, 0) is 11.8 Å². The Morgan fingerprint density at radius 3 is 2.52 bits per heavy atom. The van der Waals surface area contributed by atoms with Crippen LogP contribution in [0.3, 0.4) is 0 Å². The van der Waals surface area contributed by atoms with Gasteiger partial charge in [-0.2, -0.15) is 5.10 Å². The highest BCUT2D eigenvalue weighted by Crippen LogP contribution is 2.14. The van der Waals surface area contributed by atoms with Gasteiger partial charge in [-0.25, -0.2) is 0 Å². The van der Waals surface area contributed by atoms with E-state index in [9.17, 15) is 4.79 Å². The zero-order valence-corrected chi connectivity index (χ0v) is 12.9. The molecule has 2 aromatic rings. The number of amides is 1. The lowest BCUT2D eigenvalue weighted by atomic mass is 10.1. The molecule has 1 aromatic heterocycles. The molecule has 0 saturated carbocycles. The van der Waals surface area contributed by atoms with Crippen LogP contribution < -0.4 is 5.32 Å². The fourth-order valence-electron chi connectivity index (χ4n) is 2.28. The second-order valence-corrected chi connectivity index (χ2v) is 5.18. The van der Waals surface area contributed by atoms with Crippen LogP contribution in [0.25, 0.3) is 6.08 Å². The van der Waals surface area contributed by atoms with E-state index in [1.807, 2.05) is 68.9 Å². The second kappa shape index (κ2) is 6.39. The van der Waals surface area contributed by atoms with Gasteiger partial charge in [-0.05, 0) is 32.4 Å². The van der Waals surface area contributed by atoms with Crippen molar-refractivity contribution >= 4 is 12.0 Å². The Kier molecular flexibility index (Phi) is 4.58. The van der Waals surface area contributed by atoms with Crippen LogP contribution in [0.15, 0.2) is 36.4 Å². The van der Waals surface area contributed by atoms with Crippen molar-refractivity contribution in [1.29, 1.82) is 0 Å². The van der Waals surface area contributed by atoms with Crippen molar-refractivity contribution in [1.82, 2.24) is 15.1 Å².